The molecule has 0 radical (unpaired) electrons. The summed E-state index contributed by atoms with van der Waals surface area (Å²) in [5, 5.41) is 11.6. The summed E-state index contributed by atoms with van der Waals surface area (Å²) in [6, 6.07) is 0.238. The van der Waals surface area contributed by atoms with Crippen LogP contribution in [-0.2, 0) is 7.05 Å². The number of nitrogens with zero attached hydrogens (tertiary/aromatic N) is 3. The summed E-state index contributed by atoms with van der Waals surface area (Å²) in [7, 11) is 3.91. The van der Waals surface area contributed by atoms with Gasteiger partial charge in [-0.15, -0.1) is 5.10 Å². The van der Waals surface area contributed by atoms with Crippen molar-refractivity contribution >= 4 is 0 Å². The van der Waals surface area contributed by atoms with Gasteiger partial charge in [-0.2, -0.15) is 0 Å². The minimum atomic E-state index is 0.238. The average Bonchev–Trinajstić information content (AvgIpc) is 2.68. The van der Waals surface area contributed by atoms with Crippen LogP contribution in [-0.4, -0.2) is 22.0 Å². The molecule has 1 atom stereocenters. The lowest BCUT2D eigenvalue weighted by Gasteiger charge is -2.19. The van der Waals surface area contributed by atoms with Crippen LogP contribution in [0, 0.1) is 0 Å². The van der Waals surface area contributed by atoms with E-state index in [0.717, 1.165) is 5.69 Å². The van der Waals surface area contributed by atoms with Gasteiger partial charge >= 0.3 is 0 Å². The Morgan fingerprint density at radius 2 is 2.12 bits per heavy atom. The van der Waals surface area contributed by atoms with Crippen molar-refractivity contribution in [1.82, 2.24) is 20.3 Å². The Labute approximate surface area is 103 Å². The van der Waals surface area contributed by atoms with Gasteiger partial charge in [0.2, 0.25) is 0 Å². The standard InChI is InChI=1S/C13H22N4/c1-14-13(12-10-17(2)16-15-12)11-8-6-4-3-5-7-9-11/h8,10,13-14H,3-7,9H2,1-2H3. The molecule has 0 saturated heterocycles. The molecule has 94 valence electrons. The largest absolute Gasteiger partial charge is 0.308 e. The van der Waals surface area contributed by atoms with Crippen LogP contribution in [0.25, 0.3) is 0 Å². The molecule has 0 aromatic carbocycles. The van der Waals surface area contributed by atoms with E-state index < -0.39 is 0 Å². The predicted molar refractivity (Wildman–Crippen MR) is 68.6 cm³/mol. The highest BCUT2D eigenvalue weighted by molar-refractivity contribution is 5.20. The highest BCUT2D eigenvalue weighted by Gasteiger charge is 2.18. The van der Waals surface area contributed by atoms with Gasteiger partial charge in [0, 0.05) is 7.05 Å². The van der Waals surface area contributed by atoms with Gasteiger partial charge < -0.3 is 5.32 Å². The van der Waals surface area contributed by atoms with Crippen LogP contribution >= 0.6 is 0 Å². The Kier molecular flexibility index (Phi) is 4.31. The van der Waals surface area contributed by atoms with Gasteiger partial charge in [0.05, 0.1) is 12.2 Å². The third kappa shape index (κ3) is 3.16. The van der Waals surface area contributed by atoms with E-state index in [0.29, 0.717) is 0 Å². The molecule has 2 rings (SSSR count). The maximum Gasteiger partial charge on any atom is 0.104 e. The molecule has 1 aliphatic carbocycles. The molecule has 0 fully saturated rings. The maximum absolute atomic E-state index is 4.23. The van der Waals surface area contributed by atoms with Gasteiger partial charge in [-0.25, -0.2) is 0 Å². The first-order valence-corrected chi connectivity index (χ1v) is 6.53. The zero-order chi connectivity index (χ0) is 12.1. The second-order valence-electron chi connectivity index (χ2n) is 4.77. The number of nitrogens with one attached hydrogen (secondary N) is 1. The molecule has 0 saturated carbocycles. The van der Waals surface area contributed by atoms with Crippen LogP contribution in [0.5, 0.6) is 0 Å². The van der Waals surface area contributed by atoms with E-state index in [9.17, 15) is 0 Å². The van der Waals surface area contributed by atoms with Crippen LogP contribution < -0.4 is 5.32 Å². The second-order valence-corrected chi connectivity index (χ2v) is 4.77. The zero-order valence-electron chi connectivity index (χ0n) is 10.8. The summed E-state index contributed by atoms with van der Waals surface area (Å²) in [5.41, 5.74) is 2.51. The van der Waals surface area contributed by atoms with Crippen LogP contribution in [0.2, 0.25) is 0 Å². The monoisotopic (exact) mass is 234 g/mol. The van der Waals surface area contributed by atoms with Crippen molar-refractivity contribution < 1.29 is 0 Å². The zero-order valence-corrected chi connectivity index (χ0v) is 10.8. The lowest BCUT2D eigenvalue weighted by Crippen LogP contribution is -2.19. The molecule has 1 aromatic heterocycles. The summed E-state index contributed by atoms with van der Waals surface area (Å²) in [6.45, 7) is 0. The van der Waals surface area contributed by atoms with E-state index in [1.807, 2.05) is 20.3 Å². The number of hydrogen-bond acceptors (Lipinski definition) is 3. The Bertz CT molecular complexity index is 381. The normalized spacial score (nSPS) is 19.3. The minimum Gasteiger partial charge on any atom is -0.308 e. The molecule has 0 spiro atoms. The van der Waals surface area contributed by atoms with Gasteiger partial charge in [0.15, 0.2) is 0 Å². The fourth-order valence-electron chi connectivity index (χ4n) is 2.50. The molecular formula is C13H22N4. The smallest absolute Gasteiger partial charge is 0.104 e. The first kappa shape index (κ1) is 12.3. The first-order valence-electron chi connectivity index (χ1n) is 6.53. The van der Waals surface area contributed by atoms with Crippen LogP contribution in [0.15, 0.2) is 17.8 Å². The number of aryl methyl sites for hydroxylation is 1. The third-order valence-corrected chi connectivity index (χ3v) is 3.40. The summed E-state index contributed by atoms with van der Waals surface area (Å²) in [4.78, 5) is 0. The van der Waals surface area contributed by atoms with Crippen molar-refractivity contribution in [3.63, 3.8) is 0 Å². The van der Waals surface area contributed by atoms with Crippen molar-refractivity contribution in [2.75, 3.05) is 7.05 Å². The van der Waals surface area contributed by atoms with Crippen molar-refractivity contribution in [3.05, 3.63) is 23.5 Å². The Morgan fingerprint density at radius 3 is 2.82 bits per heavy atom. The summed E-state index contributed by atoms with van der Waals surface area (Å²) in [5.74, 6) is 0. The lowest BCUT2D eigenvalue weighted by molar-refractivity contribution is 0.566. The third-order valence-electron chi connectivity index (χ3n) is 3.40. The second kappa shape index (κ2) is 5.96. The molecule has 1 aliphatic rings. The van der Waals surface area contributed by atoms with E-state index in [4.69, 9.17) is 0 Å². The number of aromatic nitrogens is 3. The van der Waals surface area contributed by atoms with Gasteiger partial charge in [0.1, 0.15) is 5.69 Å². The summed E-state index contributed by atoms with van der Waals surface area (Å²) >= 11 is 0. The lowest BCUT2D eigenvalue weighted by atomic mass is 9.93. The summed E-state index contributed by atoms with van der Waals surface area (Å²) in [6.07, 6.45) is 12.1. The van der Waals surface area contributed by atoms with Crippen molar-refractivity contribution in [1.29, 1.82) is 0 Å². The molecule has 1 N–H and O–H groups in total. The van der Waals surface area contributed by atoms with Crippen LogP contribution in [0.3, 0.4) is 0 Å². The fraction of sp³-hybridized carbons (Fsp3) is 0.692. The Hall–Kier alpha value is -1.16. The van der Waals surface area contributed by atoms with E-state index in [1.165, 1.54) is 44.1 Å². The van der Waals surface area contributed by atoms with Gasteiger partial charge in [-0.1, -0.05) is 29.7 Å². The van der Waals surface area contributed by atoms with Crippen molar-refractivity contribution in [3.8, 4) is 0 Å². The first-order chi connectivity index (χ1) is 8.31. The van der Waals surface area contributed by atoms with Gasteiger partial charge in [0.25, 0.3) is 0 Å². The van der Waals surface area contributed by atoms with Gasteiger partial charge in [-0.05, 0) is 32.7 Å². The predicted octanol–water partition coefficient (Wildman–Crippen LogP) is 2.36. The molecule has 4 nitrogen and oxygen atoms in total. The average molecular weight is 234 g/mol. The molecule has 1 aromatic rings. The van der Waals surface area contributed by atoms with E-state index >= 15 is 0 Å². The molecule has 1 heterocycles. The number of hydrogen-bond donors (Lipinski definition) is 1. The van der Waals surface area contributed by atoms with Crippen LogP contribution in [0.4, 0.5) is 0 Å². The number of allylic oxidation sites excluding steroid dienone is 1. The van der Waals surface area contributed by atoms with Crippen LogP contribution in [0.1, 0.15) is 50.3 Å². The molecule has 0 aliphatic heterocycles. The fourth-order valence-corrected chi connectivity index (χ4v) is 2.50. The highest BCUT2D eigenvalue weighted by atomic mass is 15.4. The topological polar surface area (TPSA) is 42.7 Å². The molecule has 0 amide bonds. The quantitative estimate of drug-likeness (QED) is 0.816. The minimum absolute atomic E-state index is 0.238. The van der Waals surface area contributed by atoms with Gasteiger partial charge in [-0.3, -0.25) is 4.68 Å². The van der Waals surface area contributed by atoms with E-state index in [1.54, 1.807) is 4.68 Å². The highest BCUT2D eigenvalue weighted by Crippen LogP contribution is 2.27. The number of rotatable bonds is 3. The molecule has 1 unspecified atom stereocenters. The molecule has 0 bridgehead atoms. The van der Waals surface area contributed by atoms with E-state index in [-0.39, 0.29) is 6.04 Å². The molecular weight excluding hydrogens is 212 g/mol. The summed E-state index contributed by atoms with van der Waals surface area (Å²) < 4.78 is 1.77. The number of likely N-dealkylation sites (N-methyl/N-ethyl adjacent to an activating group) is 1. The molecule has 4 heteroatoms. The maximum atomic E-state index is 4.23. The SMILES string of the molecule is CNC(C1=CCCCCCC1)c1cn(C)nn1. The molecule has 17 heavy (non-hydrogen) atoms. The van der Waals surface area contributed by atoms with E-state index in [2.05, 4.69) is 21.7 Å². The van der Waals surface area contributed by atoms with Crippen molar-refractivity contribution in [2.45, 2.75) is 44.6 Å². The Morgan fingerprint density at radius 1 is 1.29 bits per heavy atom. The Balaban J connectivity index is 2.16. The van der Waals surface area contributed by atoms with Crippen molar-refractivity contribution in [2.24, 2.45) is 7.05 Å².